The van der Waals surface area contributed by atoms with E-state index in [4.69, 9.17) is 19.7 Å². The highest BCUT2D eigenvalue weighted by Crippen LogP contribution is 2.62. The summed E-state index contributed by atoms with van der Waals surface area (Å²) in [5.41, 5.74) is 11.2. The summed E-state index contributed by atoms with van der Waals surface area (Å²) in [6, 6.07) is 61.4. The number of para-hydroxylation sites is 1. The number of aromatic nitrogens is 4. The predicted octanol–water partition coefficient (Wildman–Crippen LogP) is 11.6. The molecule has 0 saturated carbocycles. The molecule has 0 saturated heterocycles. The molecule has 11 rings (SSSR count). The average molecular weight is 691 g/mol. The van der Waals surface area contributed by atoms with Crippen molar-refractivity contribution in [3.8, 4) is 68.0 Å². The van der Waals surface area contributed by atoms with Gasteiger partial charge in [-0.05, 0) is 74.5 Å². The number of fused-ring (bicyclic) bond motifs is 10. The number of ether oxygens (including phenoxy) is 1. The number of rotatable bonds is 4. The average Bonchev–Trinajstić information content (AvgIpc) is 3.54. The van der Waals surface area contributed by atoms with Crippen LogP contribution in [0.3, 0.4) is 0 Å². The first-order chi connectivity index (χ1) is 26.8. The minimum absolute atomic E-state index is 0.520. The van der Waals surface area contributed by atoms with Gasteiger partial charge in [-0.2, -0.15) is 0 Å². The molecule has 5 heteroatoms. The monoisotopic (exact) mass is 690 g/mol. The third-order valence-electron chi connectivity index (χ3n) is 10.9. The summed E-state index contributed by atoms with van der Waals surface area (Å²) in [5, 5.41) is 2.15. The van der Waals surface area contributed by atoms with Gasteiger partial charge < -0.3 is 4.74 Å². The lowest BCUT2D eigenvalue weighted by Crippen LogP contribution is -2.32. The highest BCUT2D eigenvalue weighted by molar-refractivity contribution is 6.03. The molecule has 0 N–H and O–H groups in total. The van der Waals surface area contributed by atoms with Crippen LogP contribution in [0.15, 0.2) is 182 Å². The van der Waals surface area contributed by atoms with E-state index in [9.17, 15) is 0 Å². The van der Waals surface area contributed by atoms with Crippen LogP contribution in [-0.4, -0.2) is 19.9 Å². The quantitative estimate of drug-likeness (QED) is 0.184. The molecule has 1 spiro atoms. The SMILES string of the molecule is c1ccc(-c2nc(-c3ccccn3)nc(-c3c(-c4ccc5c(c4)C4(c6ccccc6O5)c5ccccc5-c5ccccc54)ccc4ccccc34)n2)cc1. The Morgan fingerprint density at radius 2 is 1.06 bits per heavy atom. The standard InChI is InChI=1S/C49H30N4O/c1-2-15-32(16-3-1)46-51-47(42-23-12-13-29-50-42)53-48(52-46)45-34-17-5-4-14-31(34)25-27-35(45)33-26-28-44-41(30-33)49(40-22-10-11-24-43(40)54-44)38-20-8-6-18-36(38)37-19-7-9-21-39(37)49/h1-30H. The van der Waals surface area contributed by atoms with Crippen LogP contribution in [-0.2, 0) is 5.41 Å². The fraction of sp³-hybridized carbons (Fsp3) is 0.0204. The van der Waals surface area contributed by atoms with Gasteiger partial charge in [-0.3, -0.25) is 4.98 Å². The highest BCUT2D eigenvalue weighted by atomic mass is 16.5. The zero-order chi connectivity index (χ0) is 35.6. The Kier molecular flexibility index (Phi) is 6.70. The molecule has 252 valence electrons. The molecule has 3 heterocycles. The lowest BCUT2D eigenvalue weighted by molar-refractivity contribution is 0.436. The van der Waals surface area contributed by atoms with E-state index in [2.05, 4.69) is 132 Å². The van der Waals surface area contributed by atoms with Gasteiger partial charge >= 0.3 is 0 Å². The summed E-state index contributed by atoms with van der Waals surface area (Å²) >= 11 is 0. The van der Waals surface area contributed by atoms with Crippen LogP contribution in [0.1, 0.15) is 22.3 Å². The molecule has 0 radical (unpaired) electrons. The Balaban J connectivity index is 1.20. The van der Waals surface area contributed by atoms with E-state index in [1.165, 1.54) is 22.3 Å². The summed E-state index contributed by atoms with van der Waals surface area (Å²) in [6.07, 6.45) is 1.77. The van der Waals surface area contributed by atoms with Crippen molar-refractivity contribution < 1.29 is 4.74 Å². The summed E-state index contributed by atoms with van der Waals surface area (Å²) < 4.78 is 6.76. The molecule has 0 unspecified atom stereocenters. The van der Waals surface area contributed by atoms with Crippen molar-refractivity contribution in [2.45, 2.75) is 5.41 Å². The lowest BCUT2D eigenvalue weighted by Gasteiger charge is -2.39. The van der Waals surface area contributed by atoms with Gasteiger partial charge in [-0.1, -0.05) is 146 Å². The van der Waals surface area contributed by atoms with E-state index in [-0.39, 0.29) is 0 Å². The second kappa shape index (κ2) is 11.9. The first-order valence-electron chi connectivity index (χ1n) is 18.1. The maximum atomic E-state index is 6.76. The second-order valence-corrected chi connectivity index (χ2v) is 13.7. The third-order valence-corrected chi connectivity index (χ3v) is 10.9. The van der Waals surface area contributed by atoms with E-state index in [0.29, 0.717) is 23.2 Å². The fourth-order valence-electron chi connectivity index (χ4n) is 8.59. The molecule has 7 aromatic carbocycles. The fourth-order valence-corrected chi connectivity index (χ4v) is 8.59. The third kappa shape index (κ3) is 4.45. The van der Waals surface area contributed by atoms with Crippen LogP contribution in [0, 0.1) is 0 Å². The number of pyridine rings is 1. The molecule has 5 nitrogen and oxygen atoms in total. The molecule has 0 amide bonds. The molecular formula is C49H30N4O. The van der Waals surface area contributed by atoms with Crippen molar-refractivity contribution >= 4 is 10.8 Å². The van der Waals surface area contributed by atoms with Gasteiger partial charge in [0.1, 0.15) is 17.2 Å². The number of hydrogen-bond donors (Lipinski definition) is 0. The predicted molar refractivity (Wildman–Crippen MR) is 214 cm³/mol. The molecule has 0 fully saturated rings. The molecule has 1 aliphatic carbocycles. The van der Waals surface area contributed by atoms with Gasteiger partial charge in [0.05, 0.1) is 5.41 Å². The van der Waals surface area contributed by atoms with E-state index in [1.54, 1.807) is 6.20 Å². The van der Waals surface area contributed by atoms with Gasteiger partial charge in [0.25, 0.3) is 0 Å². The van der Waals surface area contributed by atoms with Crippen LogP contribution in [0.5, 0.6) is 11.5 Å². The van der Waals surface area contributed by atoms with Crippen molar-refractivity contribution in [3.05, 3.63) is 204 Å². The van der Waals surface area contributed by atoms with Crippen LogP contribution < -0.4 is 4.74 Å². The molecule has 0 atom stereocenters. The number of hydrogen-bond acceptors (Lipinski definition) is 5. The Labute approximate surface area is 312 Å². The minimum Gasteiger partial charge on any atom is -0.457 e. The summed E-state index contributed by atoms with van der Waals surface area (Å²) in [6.45, 7) is 0. The molecule has 1 aliphatic heterocycles. The maximum Gasteiger partial charge on any atom is 0.182 e. The van der Waals surface area contributed by atoms with Gasteiger partial charge in [-0.25, -0.2) is 15.0 Å². The molecule has 9 aromatic rings. The minimum atomic E-state index is -0.579. The van der Waals surface area contributed by atoms with Crippen LogP contribution in [0.2, 0.25) is 0 Å². The van der Waals surface area contributed by atoms with Gasteiger partial charge in [0.2, 0.25) is 0 Å². The largest absolute Gasteiger partial charge is 0.457 e. The highest BCUT2D eigenvalue weighted by Gasteiger charge is 2.51. The van der Waals surface area contributed by atoms with E-state index in [0.717, 1.165) is 55.7 Å². The topological polar surface area (TPSA) is 60.8 Å². The maximum absolute atomic E-state index is 6.76. The first-order valence-corrected chi connectivity index (χ1v) is 18.1. The lowest BCUT2D eigenvalue weighted by atomic mass is 9.65. The van der Waals surface area contributed by atoms with E-state index in [1.807, 2.05) is 48.5 Å². The smallest absolute Gasteiger partial charge is 0.182 e. The Morgan fingerprint density at radius 3 is 1.85 bits per heavy atom. The van der Waals surface area contributed by atoms with Crippen LogP contribution in [0.4, 0.5) is 0 Å². The van der Waals surface area contributed by atoms with E-state index < -0.39 is 5.41 Å². The van der Waals surface area contributed by atoms with Crippen LogP contribution >= 0.6 is 0 Å². The zero-order valence-corrected chi connectivity index (χ0v) is 29.0. The van der Waals surface area contributed by atoms with Crippen molar-refractivity contribution in [1.82, 2.24) is 19.9 Å². The van der Waals surface area contributed by atoms with Crippen molar-refractivity contribution in [2.24, 2.45) is 0 Å². The second-order valence-electron chi connectivity index (χ2n) is 13.7. The molecule has 2 aromatic heterocycles. The molecule has 0 bridgehead atoms. The normalized spacial score (nSPS) is 13.1. The van der Waals surface area contributed by atoms with Crippen molar-refractivity contribution in [2.75, 3.05) is 0 Å². The van der Waals surface area contributed by atoms with E-state index >= 15 is 0 Å². The zero-order valence-electron chi connectivity index (χ0n) is 29.0. The molecular weight excluding hydrogens is 661 g/mol. The van der Waals surface area contributed by atoms with Gasteiger partial charge in [-0.15, -0.1) is 0 Å². The summed E-state index contributed by atoms with van der Waals surface area (Å²) in [5.74, 6) is 3.41. The number of nitrogens with zero attached hydrogens (tertiary/aromatic N) is 4. The Hall–Kier alpha value is -7.24. The van der Waals surface area contributed by atoms with Crippen LogP contribution in [0.25, 0.3) is 67.3 Å². The molecule has 54 heavy (non-hydrogen) atoms. The Morgan fingerprint density at radius 1 is 0.407 bits per heavy atom. The number of benzene rings is 7. The van der Waals surface area contributed by atoms with Crippen molar-refractivity contribution in [3.63, 3.8) is 0 Å². The Bertz CT molecular complexity index is 2820. The van der Waals surface area contributed by atoms with Crippen molar-refractivity contribution in [1.29, 1.82) is 0 Å². The van der Waals surface area contributed by atoms with Gasteiger partial charge in [0.15, 0.2) is 17.5 Å². The summed E-state index contributed by atoms with van der Waals surface area (Å²) in [7, 11) is 0. The molecule has 2 aliphatic rings. The summed E-state index contributed by atoms with van der Waals surface area (Å²) in [4.78, 5) is 20.0. The first kappa shape index (κ1) is 30.4. The van der Waals surface area contributed by atoms with Gasteiger partial charge in [0, 0.05) is 28.5 Å².